The molecule has 0 aromatic heterocycles. The van der Waals surface area contributed by atoms with Crippen LogP contribution in [0.4, 0.5) is 5.69 Å². The largest absolute Gasteiger partial charge is 0.390 e. The monoisotopic (exact) mass is 529 g/mol. The number of aliphatic hydroxyl groups excluding tert-OH is 1. The van der Waals surface area contributed by atoms with Crippen LogP contribution in [-0.4, -0.2) is 46.0 Å². The summed E-state index contributed by atoms with van der Waals surface area (Å²) in [6.45, 7) is 9.75. The van der Waals surface area contributed by atoms with Crippen LogP contribution in [0.5, 0.6) is 0 Å². The summed E-state index contributed by atoms with van der Waals surface area (Å²) in [6.07, 6.45) is 5.40. The number of benzene rings is 2. The molecule has 1 fully saturated rings. The van der Waals surface area contributed by atoms with Gasteiger partial charge in [-0.25, -0.2) is 4.31 Å². The first-order valence-electron chi connectivity index (χ1n) is 13.3. The van der Waals surface area contributed by atoms with E-state index in [1.54, 1.807) is 12.1 Å². The van der Waals surface area contributed by atoms with Crippen LogP contribution in [-0.2, 0) is 4.79 Å². The minimum absolute atomic E-state index is 0.0603. The van der Waals surface area contributed by atoms with Crippen molar-refractivity contribution in [2.24, 2.45) is 11.3 Å². The van der Waals surface area contributed by atoms with Crippen LogP contribution in [0.2, 0.25) is 0 Å². The van der Waals surface area contributed by atoms with Crippen LogP contribution in [0.15, 0.2) is 59.5 Å². The Kier molecular flexibility index (Phi) is 13.1. The van der Waals surface area contributed by atoms with Gasteiger partial charge < -0.3 is 10.4 Å². The lowest BCUT2D eigenvalue weighted by Crippen LogP contribution is -2.46. The summed E-state index contributed by atoms with van der Waals surface area (Å²) in [5.41, 5.74) is 1.11. The number of aliphatic hydroxyl groups is 1. The summed E-state index contributed by atoms with van der Waals surface area (Å²) >= 11 is 1.47. The number of nitro benzene ring substituents is 1. The van der Waals surface area contributed by atoms with Gasteiger partial charge in [-0.2, -0.15) is 0 Å². The maximum absolute atomic E-state index is 12.8. The van der Waals surface area contributed by atoms with Crippen LogP contribution in [0.1, 0.15) is 64.9 Å². The number of non-ortho nitro benzene ring substituents is 1. The molecule has 2 aromatic rings. The van der Waals surface area contributed by atoms with E-state index in [4.69, 9.17) is 0 Å². The molecule has 8 heteroatoms. The quantitative estimate of drug-likeness (QED) is 0.199. The normalized spacial score (nSPS) is 15.5. The molecule has 3 rings (SSSR count). The van der Waals surface area contributed by atoms with E-state index >= 15 is 0 Å². The average molecular weight is 530 g/mol. The lowest BCUT2D eigenvalue weighted by atomic mass is 9.71. The van der Waals surface area contributed by atoms with Gasteiger partial charge in [0, 0.05) is 42.1 Å². The highest BCUT2D eigenvalue weighted by molar-refractivity contribution is 7.97. The number of nitro groups is 1. The summed E-state index contributed by atoms with van der Waals surface area (Å²) in [6, 6.07) is 16.7. The maximum atomic E-state index is 12.8. The molecule has 0 spiro atoms. The van der Waals surface area contributed by atoms with Gasteiger partial charge in [-0.1, -0.05) is 75.9 Å². The minimum atomic E-state index is -0.684. The molecule has 204 valence electrons. The SMILES string of the molecule is CCC1(C(=O)NC[C@H](O)CN(CC(C)C)Sc2ccc([N+](=O)[O-])cc2)CCCCC1.Cc1ccccc1. The molecule has 0 bridgehead atoms. The molecule has 0 radical (unpaired) electrons. The van der Waals surface area contributed by atoms with Gasteiger partial charge in [0.1, 0.15) is 0 Å². The highest BCUT2D eigenvalue weighted by Crippen LogP contribution is 2.39. The second-order valence-corrected chi connectivity index (χ2v) is 11.5. The van der Waals surface area contributed by atoms with Gasteiger partial charge in [-0.3, -0.25) is 14.9 Å². The molecule has 1 aliphatic carbocycles. The Morgan fingerprint density at radius 2 is 1.70 bits per heavy atom. The first kappa shape index (κ1) is 30.8. The van der Waals surface area contributed by atoms with Crippen LogP contribution < -0.4 is 5.32 Å². The first-order valence-corrected chi connectivity index (χ1v) is 14.1. The standard InChI is InChI=1S/C22H35N3O4S.C7H8/c1-4-22(12-6-5-7-13-22)21(27)23-14-19(26)16-24(15-17(2)3)30-20-10-8-18(9-11-20)25(28)29;1-7-5-3-2-4-6-7/h8-11,17,19,26H,4-7,12-16H2,1-3H3,(H,23,27);2-6H,1H3/t19-;/m0./s1. The molecule has 1 amide bonds. The van der Waals surface area contributed by atoms with E-state index in [0.717, 1.165) is 43.5 Å². The van der Waals surface area contributed by atoms with Crippen molar-refractivity contribution < 1.29 is 14.8 Å². The number of nitrogens with one attached hydrogen (secondary N) is 1. The topological polar surface area (TPSA) is 95.7 Å². The number of carbonyl (C=O) groups excluding carboxylic acids is 1. The van der Waals surface area contributed by atoms with Gasteiger partial charge in [-0.05, 0) is 56.2 Å². The molecule has 1 atom stereocenters. The second kappa shape index (κ2) is 15.7. The maximum Gasteiger partial charge on any atom is 0.269 e. The van der Waals surface area contributed by atoms with Crippen molar-refractivity contribution in [2.45, 2.75) is 77.2 Å². The van der Waals surface area contributed by atoms with E-state index in [2.05, 4.69) is 49.4 Å². The predicted molar refractivity (Wildman–Crippen MR) is 151 cm³/mol. The summed E-state index contributed by atoms with van der Waals surface area (Å²) in [4.78, 5) is 24.1. The van der Waals surface area contributed by atoms with Crippen molar-refractivity contribution in [3.63, 3.8) is 0 Å². The predicted octanol–water partition coefficient (Wildman–Crippen LogP) is 6.39. The number of amides is 1. The Hall–Kier alpha value is -2.42. The molecule has 1 aliphatic rings. The number of nitrogens with zero attached hydrogens (tertiary/aromatic N) is 2. The fourth-order valence-electron chi connectivity index (χ4n) is 4.54. The molecule has 0 aliphatic heterocycles. The summed E-state index contributed by atoms with van der Waals surface area (Å²) < 4.78 is 2.05. The fourth-order valence-corrected chi connectivity index (χ4v) is 5.71. The second-order valence-electron chi connectivity index (χ2n) is 10.3. The molecular weight excluding hydrogens is 486 g/mol. The van der Waals surface area contributed by atoms with Crippen molar-refractivity contribution in [1.82, 2.24) is 9.62 Å². The van der Waals surface area contributed by atoms with Crippen LogP contribution in [0.3, 0.4) is 0 Å². The van der Waals surface area contributed by atoms with Crippen molar-refractivity contribution in [1.29, 1.82) is 0 Å². The number of hydrogen-bond acceptors (Lipinski definition) is 6. The zero-order chi connectivity index (χ0) is 27.3. The van der Waals surface area contributed by atoms with E-state index < -0.39 is 11.0 Å². The smallest absolute Gasteiger partial charge is 0.269 e. The fraction of sp³-hybridized carbons (Fsp3) is 0.552. The first-order chi connectivity index (χ1) is 17.6. The van der Waals surface area contributed by atoms with Gasteiger partial charge in [0.15, 0.2) is 0 Å². The highest BCUT2D eigenvalue weighted by atomic mass is 32.2. The molecule has 37 heavy (non-hydrogen) atoms. The van der Waals surface area contributed by atoms with Crippen molar-refractivity contribution in [2.75, 3.05) is 19.6 Å². The lowest BCUT2D eigenvalue weighted by molar-refractivity contribution is -0.384. The number of carbonyl (C=O) groups is 1. The number of hydrogen-bond donors (Lipinski definition) is 2. The van der Waals surface area contributed by atoms with Gasteiger partial charge >= 0.3 is 0 Å². The van der Waals surface area contributed by atoms with Crippen LogP contribution in [0.25, 0.3) is 0 Å². The minimum Gasteiger partial charge on any atom is -0.390 e. The molecule has 2 N–H and O–H groups in total. The molecule has 7 nitrogen and oxygen atoms in total. The summed E-state index contributed by atoms with van der Waals surface area (Å²) in [7, 11) is 0. The summed E-state index contributed by atoms with van der Waals surface area (Å²) in [5, 5.41) is 24.4. The van der Waals surface area contributed by atoms with Crippen LogP contribution in [0, 0.1) is 28.4 Å². The van der Waals surface area contributed by atoms with E-state index in [1.165, 1.54) is 36.1 Å². The summed E-state index contributed by atoms with van der Waals surface area (Å²) in [5.74, 6) is 0.463. The molecule has 2 aromatic carbocycles. The van der Waals surface area contributed by atoms with Crippen LogP contribution >= 0.6 is 11.9 Å². The molecule has 0 saturated heterocycles. The third-order valence-corrected chi connectivity index (χ3v) is 7.71. The third kappa shape index (κ3) is 10.8. The van der Waals surface area contributed by atoms with Crippen molar-refractivity contribution >= 4 is 23.5 Å². The Labute approximate surface area is 226 Å². The molecular formula is C29H43N3O4S. The van der Waals surface area contributed by atoms with Crippen molar-refractivity contribution in [3.8, 4) is 0 Å². The average Bonchev–Trinajstić information content (AvgIpc) is 2.88. The molecule has 0 heterocycles. The molecule has 1 saturated carbocycles. The molecule has 0 unspecified atom stereocenters. The van der Waals surface area contributed by atoms with E-state index in [9.17, 15) is 20.0 Å². The zero-order valence-electron chi connectivity index (χ0n) is 22.7. The Morgan fingerprint density at radius 1 is 1.08 bits per heavy atom. The van der Waals surface area contributed by atoms with Gasteiger partial charge in [0.25, 0.3) is 5.69 Å². The van der Waals surface area contributed by atoms with E-state index in [0.29, 0.717) is 12.5 Å². The lowest BCUT2D eigenvalue weighted by Gasteiger charge is -2.35. The van der Waals surface area contributed by atoms with E-state index in [1.807, 2.05) is 18.2 Å². The van der Waals surface area contributed by atoms with Gasteiger partial charge in [0.2, 0.25) is 5.91 Å². The van der Waals surface area contributed by atoms with Gasteiger partial charge in [-0.15, -0.1) is 0 Å². The number of rotatable bonds is 11. The number of aryl methyl sites for hydroxylation is 1. The Balaban J connectivity index is 0.000000591. The highest BCUT2D eigenvalue weighted by Gasteiger charge is 2.37. The third-order valence-electron chi connectivity index (χ3n) is 6.67. The van der Waals surface area contributed by atoms with Gasteiger partial charge in [0.05, 0.1) is 11.0 Å². The zero-order valence-corrected chi connectivity index (χ0v) is 23.5. The Morgan fingerprint density at radius 3 is 2.19 bits per heavy atom. The van der Waals surface area contributed by atoms with E-state index in [-0.39, 0.29) is 23.6 Å². The Bertz CT molecular complexity index is 947. The van der Waals surface area contributed by atoms with Crippen molar-refractivity contribution in [3.05, 3.63) is 70.3 Å².